The lowest BCUT2D eigenvalue weighted by Gasteiger charge is -2.24. The fraction of sp³-hybridized carbons (Fsp3) is 0.0889. The van der Waals surface area contributed by atoms with Crippen molar-refractivity contribution in [3.8, 4) is 28.5 Å². The molecule has 0 fully saturated rings. The van der Waals surface area contributed by atoms with Gasteiger partial charge in [0.15, 0.2) is 11.6 Å². The summed E-state index contributed by atoms with van der Waals surface area (Å²) in [5.41, 5.74) is 5.68. The second-order valence-electron chi connectivity index (χ2n) is 13.1. The van der Waals surface area contributed by atoms with Crippen molar-refractivity contribution in [3.63, 3.8) is 0 Å². The van der Waals surface area contributed by atoms with Gasteiger partial charge in [-0.05, 0) is 73.8 Å². The van der Waals surface area contributed by atoms with Gasteiger partial charge in [0, 0.05) is 22.6 Å². The summed E-state index contributed by atoms with van der Waals surface area (Å²) < 4.78 is 6.38. The molecule has 0 radical (unpaired) electrons. The van der Waals surface area contributed by atoms with E-state index >= 15 is 0 Å². The van der Waals surface area contributed by atoms with Crippen LogP contribution in [0.4, 0.5) is 0 Å². The topological polar surface area (TPSA) is 47.9 Å². The fourth-order valence-corrected chi connectivity index (χ4v) is 7.81. The number of rotatable bonds is 4. The van der Waals surface area contributed by atoms with Gasteiger partial charge < -0.3 is 4.74 Å². The highest BCUT2D eigenvalue weighted by molar-refractivity contribution is 6.03. The molecule has 6 aromatic carbocycles. The van der Waals surface area contributed by atoms with Crippen LogP contribution in [0.5, 0.6) is 5.75 Å². The van der Waals surface area contributed by atoms with E-state index in [9.17, 15) is 0 Å². The van der Waals surface area contributed by atoms with Crippen molar-refractivity contribution in [1.29, 1.82) is 0 Å². The molecule has 2 heterocycles. The maximum atomic E-state index is 6.38. The van der Waals surface area contributed by atoms with Crippen molar-refractivity contribution >= 4 is 39.3 Å². The number of fused-ring (bicyclic) bond motifs is 6. The maximum absolute atomic E-state index is 6.38. The summed E-state index contributed by atoms with van der Waals surface area (Å²) in [4.78, 5) is 15.6. The first-order valence-corrected chi connectivity index (χ1v) is 17.0. The number of hydrogen-bond acceptors (Lipinski definition) is 4. The van der Waals surface area contributed by atoms with Crippen LogP contribution in [0.25, 0.3) is 62.0 Å². The van der Waals surface area contributed by atoms with Gasteiger partial charge in [-0.25, -0.2) is 15.0 Å². The van der Waals surface area contributed by atoms with Gasteiger partial charge in [-0.1, -0.05) is 133 Å². The molecule has 0 amide bonds. The normalized spacial score (nSPS) is 18.9. The second-order valence-corrected chi connectivity index (χ2v) is 13.1. The first-order chi connectivity index (χ1) is 24.3. The summed E-state index contributed by atoms with van der Waals surface area (Å²) in [6, 6.07) is 44.9. The van der Waals surface area contributed by atoms with Gasteiger partial charge in [-0.15, -0.1) is 0 Å². The zero-order valence-electron chi connectivity index (χ0n) is 26.7. The molecule has 232 valence electrons. The second kappa shape index (κ2) is 11.2. The van der Waals surface area contributed by atoms with Gasteiger partial charge in [-0.2, -0.15) is 0 Å². The lowest BCUT2D eigenvalue weighted by Crippen LogP contribution is -2.28. The van der Waals surface area contributed by atoms with Crippen LogP contribution in [-0.2, 0) is 0 Å². The number of ether oxygens (including phenoxy) is 1. The molecule has 7 aromatic rings. The number of benzene rings is 6. The first-order valence-electron chi connectivity index (χ1n) is 17.0. The third kappa shape index (κ3) is 4.71. The van der Waals surface area contributed by atoms with Crippen molar-refractivity contribution in [2.45, 2.75) is 24.4 Å². The molecule has 3 aliphatic rings. The Morgan fingerprint density at radius 1 is 0.612 bits per heavy atom. The number of nitrogens with zero attached hydrogens (tertiary/aromatic N) is 3. The summed E-state index contributed by atoms with van der Waals surface area (Å²) in [7, 11) is 0. The lowest BCUT2D eigenvalue weighted by molar-refractivity contribution is 0.271. The predicted molar refractivity (Wildman–Crippen MR) is 198 cm³/mol. The molecule has 1 aliphatic heterocycles. The summed E-state index contributed by atoms with van der Waals surface area (Å²) in [6.07, 6.45) is 12.0. The van der Waals surface area contributed by atoms with E-state index in [1.165, 1.54) is 37.9 Å². The molecule has 1 aromatic heterocycles. The van der Waals surface area contributed by atoms with Crippen LogP contribution in [0, 0.1) is 0 Å². The Morgan fingerprint density at radius 2 is 1.35 bits per heavy atom. The third-order valence-electron chi connectivity index (χ3n) is 10.2. The third-order valence-corrected chi connectivity index (χ3v) is 10.2. The SMILES string of the molecule is C1=CC2Oc3ccccc3C2C(c2ccc(-c3nc(-c4ccc5ccccc5c4)nc(C4C=c5ccccc5=CC4)n3)c3ccccc23)=C1. The average molecular weight is 630 g/mol. The van der Waals surface area contributed by atoms with E-state index in [-0.39, 0.29) is 17.9 Å². The van der Waals surface area contributed by atoms with Crippen LogP contribution >= 0.6 is 0 Å². The summed E-state index contributed by atoms with van der Waals surface area (Å²) >= 11 is 0. The molecule has 10 rings (SSSR count). The van der Waals surface area contributed by atoms with Gasteiger partial charge in [-0.3, -0.25) is 0 Å². The zero-order valence-corrected chi connectivity index (χ0v) is 26.7. The molecule has 0 saturated heterocycles. The molecule has 49 heavy (non-hydrogen) atoms. The molecule has 0 spiro atoms. The summed E-state index contributed by atoms with van der Waals surface area (Å²) in [5.74, 6) is 3.31. The fourth-order valence-electron chi connectivity index (χ4n) is 7.81. The van der Waals surface area contributed by atoms with Crippen molar-refractivity contribution < 1.29 is 4.74 Å². The quantitative estimate of drug-likeness (QED) is 0.195. The number of aromatic nitrogens is 3. The maximum Gasteiger partial charge on any atom is 0.164 e. The van der Waals surface area contributed by atoms with Crippen LogP contribution in [0.2, 0.25) is 0 Å². The summed E-state index contributed by atoms with van der Waals surface area (Å²) in [5, 5.41) is 7.12. The van der Waals surface area contributed by atoms with Crippen molar-refractivity contribution in [2.24, 2.45) is 0 Å². The van der Waals surface area contributed by atoms with Gasteiger partial charge in [0.25, 0.3) is 0 Å². The Balaban J connectivity index is 1.15. The zero-order chi connectivity index (χ0) is 32.3. The molecule has 3 atom stereocenters. The van der Waals surface area contributed by atoms with E-state index in [1.54, 1.807) is 0 Å². The van der Waals surface area contributed by atoms with E-state index in [2.05, 4.69) is 152 Å². The molecular weight excluding hydrogens is 599 g/mol. The Labute approximate surface area is 284 Å². The molecular formula is C45H31N3O. The molecule has 4 heteroatoms. The molecule has 0 saturated carbocycles. The Morgan fingerprint density at radius 3 is 2.27 bits per heavy atom. The monoisotopic (exact) mass is 629 g/mol. The Kier molecular flexibility index (Phi) is 6.41. The lowest BCUT2D eigenvalue weighted by atomic mass is 9.79. The number of allylic oxidation sites excluding steroid dienone is 2. The molecule has 0 N–H and O–H groups in total. The first kappa shape index (κ1) is 27.9. The van der Waals surface area contributed by atoms with Gasteiger partial charge in [0.2, 0.25) is 0 Å². The van der Waals surface area contributed by atoms with Crippen LogP contribution < -0.4 is 15.2 Å². The smallest absolute Gasteiger partial charge is 0.164 e. The van der Waals surface area contributed by atoms with Crippen LogP contribution in [0.1, 0.15) is 35.2 Å². The molecule has 4 nitrogen and oxygen atoms in total. The molecule has 0 bridgehead atoms. The minimum atomic E-state index is -0.0138. The van der Waals surface area contributed by atoms with E-state index in [4.69, 9.17) is 19.7 Å². The predicted octanol–water partition coefficient (Wildman–Crippen LogP) is 8.76. The van der Waals surface area contributed by atoms with Crippen LogP contribution in [0.15, 0.2) is 146 Å². The minimum Gasteiger partial charge on any atom is -0.485 e. The van der Waals surface area contributed by atoms with E-state index in [1.807, 2.05) is 6.07 Å². The highest BCUT2D eigenvalue weighted by Crippen LogP contribution is 2.49. The van der Waals surface area contributed by atoms with Gasteiger partial charge in [0.1, 0.15) is 17.7 Å². The van der Waals surface area contributed by atoms with E-state index in [0.717, 1.165) is 39.9 Å². The Bertz CT molecular complexity index is 2650. The van der Waals surface area contributed by atoms with Gasteiger partial charge >= 0.3 is 0 Å². The van der Waals surface area contributed by atoms with Crippen LogP contribution in [-0.4, -0.2) is 21.1 Å². The molecule has 2 aliphatic carbocycles. The largest absolute Gasteiger partial charge is 0.485 e. The van der Waals surface area contributed by atoms with Gasteiger partial charge in [0.05, 0.1) is 5.92 Å². The number of hydrogen-bond donors (Lipinski definition) is 0. The van der Waals surface area contributed by atoms with E-state index in [0.29, 0.717) is 11.6 Å². The summed E-state index contributed by atoms with van der Waals surface area (Å²) in [6.45, 7) is 0. The van der Waals surface area contributed by atoms with E-state index < -0.39 is 0 Å². The molecule has 3 unspecified atom stereocenters. The Hall–Kier alpha value is -6.13. The highest BCUT2D eigenvalue weighted by Gasteiger charge is 2.37. The van der Waals surface area contributed by atoms with Crippen LogP contribution in [0.3, 0.4) is 0 Å². The van der Waals surface area contributed by atoms with Crippen molar-refractivity contribution in [2.75, 3.05) is 0 Å². The van der Waals surface area contributed by atoms with Crippen molar-refractivity contribution in [3.05, 3.63) is 173 Å². The average Bonchev–Trinajstić information content (AvgIpc) is 3.56. The standard InChI is InChI=1S/C45H31N3O/c1-3-12-30-26-32(22-20-28(30)10-1)43-46-44(33-23-21-29-11-2-4-13-31(29)27-33)48-45(47-43)38-25-24-36(34-14-5-6-15-35(34)38)37-17-9-19-41-42(37)39-16-7-8-18-40(39)49-41/h1-22,24-27,33,41-42H,23H2. The van der Waals surface area contributed by atoms with Crippen molar-refractivity contribution in [1.82, 2.24) is 15.0 Å². The minimum absolute atomic E-state index is 0.0138. The highest BCUT2D eigenvalue weighted by atomic mass is 16.5. The number of para-hydroxylation sites is 1.